The molecule has 254 valence electrons. The Morgan fingerprint density at radius 2 is 1.78 bits per heavy atom. The van der Waals surface area contributed by atoms with Crippen LogP contribution >= 0.6 is 15.9 Å². The van der Waals surface area contributed by atoms with Gasteiger partial charge in [0.1, 0.15) is 5.75 Å². The van der Waals surface area contributed by atoms with Crippen molar-refractivity contribution in [3.63, 3.8) is 0 Å². The van der Waals surface area contributed by atoms with Gasteiger partial charge >= 0.3 is 6.18 Å². The molecule has 10 nitrogen and oxygen atoms in total. The third-order valence-electron chi connectivity index (χ3n) is 7.85. The third kappa shape index (κ3) is 8.59. The molecule has 0 saturated heterocycles. The van der Waals surface area contributed by atoms with Crippen molar-refractivity contribution in [3.8, 4) is 5.75 Å². The number of carbonyl (C=O) groups excluding carboxylic acids is 1. The Morgan fingerprint density at radius 3 is 2.49 bits per heavy atom. The van der Waals surface area contributed by atoms with Crippen molar-refractivity contribution in [1.29, 1.82) is 0 Å². The molecule has 1 aliphatic heterocycles. The molecule has 0 radical (unpaired) electrons. The average Bonchev–Trinajstić information content (AvgIpc) is 3.48. The molecular weight excluding hydrogens is 705 g/mol. The topological polar surface area (TPSA) is 141 Å². The fraction of sp³-hybridized carbons (Fsp3) is 0.257. The Kier molecular flexibility index (Phi) is 11.6. The van der Waals surface area contributed by atoms with E-state index in [-0.39, 0.29) is 32.0 Å². The van der Waals surface area contributed by atoms with Crippen LogP contribution in [0, 0.1) is 0 Å². The van der Waals surface area contributed by atoms with E-state index in [4.69, 9.17) is 25.1 Å². The van der Waals surface area contributed by atoms with Crippen molar-refractivity contribution in [2.24, 2.45) is 10.1 Å². The number of nitrogens with one attached hydrogen (secondary N) is 2. The molecule has 2 atom stereocenters. The van der Waals surface area contributed by atoms with E-state index >= 15 is 0 Å². The summed E-state index contributed by atoms with van der Waals surface area (Å²) >= 11 is 3.60. The fourth-order valence-corrected chi connectivity index (χ4v) is 5.91. The summed E-state index contributed by atoms with van der Waals surface area (Å²) < 4.78 is 52.9. The van der Waals surface area contributed by atoms with Crippen molar-refractivity contribution in [2.45, 2.75) is 43.8 Å². The molecule has 3 N–H and O–H groups in total. The van der Waals surface area contributed by atoms with Gasteiger partial charge in [0.05, 0.1) is 18.7 Å². The maximum absolute atomic E-state index is 14.5. The van der Waals surface area contributed by atoms with Crippen molar-refractivity contribution >= 4 is 27.7 Å². The van der Waals surface area contributed by atoms with E-state index in [0.29, 0.717) is 51.1 Å². The van der Waals surface area contributed by atoms with E-state index in [1.54, 1.807) is 42.5 Å². The van der Waals surface area contributed by atoms with Gasteiger partial charge < -0.3 is 14.6 Å². The lowest BCUT2D eigenvalue weighted by molar-refractivity contribution is -0.137. The van der Waals surface area contributed by atoms with Crippen LogP contribution < -0.4 is 15.6 Å². The van der Waals surface area contributed by atoms with E-state index in [2.05, 4.69) is 36.8 Å². The number of benzene rings is 4. The highest BCUT2D eigenvalue weighted by Gasteiger charge is 2.54. The first-order chi connectivity index (χ1) is 23.6. The summed E-state index contributed by atoms with van der Waals surface area (Å²) in [4.78, 5) is 22.4. The van der Waals surface area contributed by atoms with Crippen LogP contribution in [0.25, 0.3) is 10.4 Å². The number of nitrogens with zero attached hydrogens (tertiary/aromatic N) is 4. The maximum atomic E-state index is 14.5. The van der Waals surface area contributed by atoms with Crippen LogP contribution in [0.5, 0.6) is 5.75 Å². The number of hydrogen-bond donors (Lipinski definition) is 3. The van der Waals surface area contributed by atoms with E-state index < -0.39 is 29.3 Å². The van der Waals surface area contributed by atoms with Gasteiger partial charge in [-0.3, -0.25) is 10.2 Å². The van der Waals surface area contributed by atoms with Gasteiger partial charge in [0.2, 0.25) is 5.90 Å². The van der Waals surface area contributed by atoms with Gasteiger partial charge in [-0.1, -0.05) is 81.7 Å². The standard InChI is InChI=1S/C35H32BrF3N6O4/c36-30-12-4-3-11-29(30)31-34(20-25-8-1-2-9-26(25)22-42-45-40,33(47)44-41-21-23-7-5-10-27(19-23)35(37,38)39)43-32(49-31)24-13-15-28(16-14-24)48-18-6-17-46/h1-5,7-16,19,31,41,46H,6,17-18,20-22H2,(H,44,47)/t31-,34-/m0/s1. The van der Waals surface area contributed by atoms with Crippen molar-refractivity contribution in [3.05, 3.63) is 145 Å². The lowest BCUT2D eigenvalue weighted by atomic mass is 9.81. The first kappa shape index (κ1) is 35.4. The van der Waals surface area contributed by atoms with Crippen LogP contribution in [-0.2, 0) is 35.2 Å². The number of alkyl halides is 3. The van der Waals surface area contributed by atoms with Crippen molar-refractivity contribution in [1.82, 2.24) is 10.9 Å². The Labute approximate surface area is 288 Å². The summed E-state index contributed by atoms with van der Waals surface area (Å²) in [7, 11) is 0. The zero-order valence-corrected chi connectivity index (χ0v) is 27.6. The summed E-state index contributed by atoms with van der Waals surface area (Å²) in [5.41, 5.74) is 14.9. The lowest BCUT2D eigenvalue weighted by Gasteiger charge is -2.32. The molecule has 1 amide bonds. The minimum Gasteiger partial charge on any atom is -0.494 e. The molecule has 0 fully saturated rings. The second-order valence-corrected chi connectivity index (χ2v) is 12.0. The van der Waals surface area contributed by atoms with Crippen LogP contribution in [0.3, 0.4) is 0 Å². The normalized spacial score (nSPS) is 17.1. The van der Waals surface area contributed by atoms with Crippen LogP contribution in [0.1, 0.15) is 45.9 Å². The predicted molar refractivity (Wildman–Crippen MR) is 180 cm³/mol. The number of aliphatic imine (C=N–C) groups is 1. The molecule has 14 heteroatoms. The highest BCUT2D eigenvalue weighted by Crippen LogP contribution is 2.45. The summed E-state index contributed by atoms with van der Waals surface area (Å²) in [5.74, 6) is 0.161. The smallest absolute Gasteiger partial charge is 0.416 e. The lowest BCUT2D eigenvalue weighted by Crippen LogP contribution is -2.53. The number of aliphatic hydroxyl groups is 1. The maximum Gasteiger partial charge on any atom is 0.416 e. The zero-order chi connectivity index (χ0) is 34.9. The molecule has 49 heavy (non-hydrogen) atoms. The fourth-order valence-electron chi connectivity index (χ4n) is 5.42. The molecular formula is C35H32BrF3N6O4. The Bertz CT molecular complexity index is 1850. The quantitative estimate of drug-likeness (QED) is 0.0408. The number of rotatable bonds is 14. The zero-order valence-electron chi connectivity index (χ0n) is 26.0. The van der Waals surface area contributed by atoms with Crippen LogP contribution in [-0.4, -0.2) is 35.7 Å². The summed E-state index contributed by atoms with van der Waals surface area (Å²) in [6, 6.07) is 26.3. The molecule has 4 aromatic rings. The molecule has 1 aliphatic rings. The summed E-state index contributed by atoms with van der Waals surface area (Å²) in [6.45, 7) is 0.272. The highest BCUT2D eigenvalue weighted by molar-refractivity contribution is 9.10. The number of amides is 1. The third-order valence-corrected chi connectivity index (χ3v) is 8.57. The number of hydrogen-bond acceptors (Lipinski definition) is 7. The van der Waals surface area contributed by atoms with Crippen molar-refractivity contribution < 1.29 is 32.5 Å². The monoisotopic (exact) mass is 736 g/mol. The number of ether oxygens (including phenoxy) is 2. The predicted octanol–water partition coefficient (Wildman–Crippen LogP) is 7.36. The largest absolute Gasteiger partial charge is 0.494 e. The second-order valence-electron chi connectivity index (χ2n) is 11.2. The first-order valence-corrected chi connectivity index (χ1v) is 16.1. The van der Waals surface area contributed by atoms with E-state index in [1.807, 2.05) is 30.3 Å². The molecule has 0 saturated carbocycles. The first-order valence-electron chi connectivity index (χ1n) is 15.3. The SMILES string of the molecule is [N-]=[N+]=NCc1ccccc1C[C@]1(C(=O)NNCc2cccc(C(F)(F)F)c2)N=C(c2ccc(OCCCO)cc2)O[C@H]1c1ccccc1Br. The molecule has 0 spiro atoms. The van der Waals surface area contributed by atoms with E-state index in [1.165, 1.54) is 12.1 Å². The minimum absolute atomic E-state index is 0.00407. The van der Waals surface area contributed by atoms with Gasteiger partial charge in [-0.15, -0.1) is 0 Å². The van der Waals surface area contributed by atoms with Crippen molar-refractivity contribution in [2.75, 3.05) is 13.2 Å². The van der Waals surface area contributed by atoms with E-state index in [9.17, 15) is 18.0 Å². The summed E-state index contributed by atoms with van der Waals surface area (Å²) in [6.07, 6.45) is -5.00. The van der Waals surface area contributed by atoms with Gasteiger partial charge in [-0.2, -0.15) is 13.2 Å². The molecule has 0 unspecified atom stereocenters. The number of hydrazine groups is 1. The molecule has 0 aromatic heterocycles. The Hall–Kier alpha value is -4.88. The number of azide groups is 1. The molecule has 1 heterocycles. The molecule has 4 aromatic carbocycles. The van der Waals surface area contributed by atoms with Crippen LogP contribution in [0.4, 0.5) is 13.2 Å². The minimum atomic E-state index is -4.52. The second kappa shape index (κ2) is 16.0. The number of aliphatic hydroxyl groups excluding tert-OH is 1. The Morgan fingerprint density at radius 1 is 1.04 bits per heavy atom. The van der Waals surface area contributed by atoms with Gasteiger partial charge in [0, 0.05) is 46.5 Å². The molecule has 0 bridgehead atoms. The molecule has 0 aliphatic carbocycles. The van der Waals surface area contributed by atoms with Gasteiger partial charge in [-0.25, -0.2) is 10.4 Å². The van der Waals surface area contributed by atoms with E-state index in [0.717, 1.165) is 12.1 Å². The van der Waals surface area contributed by atoms with Crippen LogP contribution in [0.15, 0.2) is 112 Å². The molecule has 5 rings (SSSR count). The number of carbonyl (C=O) groups is 1. The average molecular weight is 738 g/mol. The summed E-state index contributed by atoms with van der Waals surface area (Å²) in [5, 5.41) is 12.8. The Balaban J connectivity index is 1.55. The van der Waals surface area contributed by atoms with Gasteiger partial charge in [0.15, 0.2) is 11.6 Å². The number of halogens is 4. The highest BCUT2D eigenvalue weighted by atomic mass is 79.9. The van der Waals surface area contributed by atoms with Crippen LogP contribution in [0.2, 0.25) is 0 Å². The van der Waals surface area contributed by atoms with Gasteiger partial charge in [-0.05, 0) is 58.6 Å². The van der Waals surface area contributed by atoms with Gasteiger partial charge in [0.25, 0.3) is 5.91 Å².